The summed E-state index contributed by atoms with van der Waals surface area (Å²) in [5.41, 5.74) is 0.247. The highest BCUT2D eigenvalue weighted by atomic mass is 16.5. The van der Waals surface area contributed by atoms with E-state index in [2.05, 4.69) is 5.32 Å². The summed E-state index contributed by atoms with van der Waals surface area (Å²) < 4.78 is 11.0. The molecule has 1 aromatic carbocycles. The van der Waals surface area contributed by atoms with E-state index in [1.165, 1.54) is 0 Å². The Hall–Kier alpha value is -2.45. The van der Waals surface area contributed by atoms with E-state index in [9.17, 15) is 14.4 Å². The maximum atomic E-state index is 13.5. The highest BCUT2D eigenvalue weighted by molar-refractivity contribution is 5.89. The first-order valence-corrected chi connectivity index (χ1v) is 10.6. The quantitative estimate of drug-likeness (QED) is 0.759. The third kappa shape index (κ3) is 4.34. The Morgan fingerprint density at radius 1 is 1.13 bits per heavy atom. The molecule has 3 aliphatic rings. The molecule has 0 saturated carbocycles. The molecule has 8 nitrogen and oxygen atoms in total. The van der Waals surface area contributed by atoms with Gasteiger partial charge >= 0.3 is 0 Å². The molecule has 4 rings (SSSR count). The van der Waals surface area contributed by atoms with Crippen molar-refractivity contribution in [2.75, 3.05) is 46.0 Å². The van der Waals surface area contributed by atoms with Crippen LogP contribution in [0.1, 0.15) is 24.8 Å². The van der Waals surface area contributed by atoms with Gasteiger partial charge in [0, 0.05) is 38.6 Å². The second-order valence-corrected chi connectivity index (χ2v) is 8.26. The van der Waals surface area contributed by atoms with Crippen molar-refractivity contribution < 1.29 is 23.9 Å². The van der Waals surface area contributed by atoms with Crippen molar-refractivity contribution in [3.63, 3.8) is 0 Å². The molecule has 3 amide bonds. The minimum Gasteiger partial charge on any atom is -0.378 e. The lowest BCUT2D eigenvalue weighted by atomic mass is 9.68. The first-order chi connectivity index (χ1) is 14.6. The number of amides is 3. The van der Waals surface area contributed by atoms with Crippen LogP contribution in [0, 0.1) is 5.41 Å². The van der Waals surface area contributed by atoms with Crippen molar-refractivity contribution in [2.45, 2.75) is 31.9 Å². The van der Waals surface area contributed by atoms with Gasteiger partial charge in [-0.2, -0.15) is 0 Å². The molecule has 3 saturated heterocycles. The molecule has 8 heteroatoms. The van der Waals surface area contributed by atoms with Gasteiger partial charge in [-0.3, -0.25) is 14.4 Å². The monoisotopic (exact) mass is 415 g/mol. The van der Waals surface area contributed by atoms with Crippen molar-refractivity contribution in [3.8, 4) is 0 Å². The average Bonchev–Trinajstić information content (AvgIpc) is 2.79. The maximum absolute atomic E-state index is 13.5. The first-order valence-electron chi connectivity index (χ1n) is 10.6. The van der Waals surface area contributed by atoms with Gasteiger partial charge in [-0.25, -0.2) is 0 Å². The lowest BCUT2D eigenvalue weighted by molar-refractivity contribution is -0.160. The predicted octanol–water partition coefficient (Wildman–Crippen LogP) is 0.559. The number of ether oxygens (including phenoxy) is 2. The summed E-state index contributed by atoms with van der Waals surface area (Å²) in [6.45, 7) is 3.33. The first kappa shape index (κ1) is 20.8. The maximum Gasteiger partial charge on any atom is 0.248 e. The Bertz CT molecular complexity index is 780. The lowest BCUT2D eigenvalue weighted by Gasteiger charge is -2.51. The molecule has 0 spiro atoms. The normalized spacial score (nSPS) is 26.7. The Kier molecular flexibility index (Phi) is 6.34. The Morgan fingerprint density at radius 2 is 1.90 bits per heavy atom. The summed E-state index contributed by atoms with van der Waals surface area (Å²) in [6.07, 6.45) is 1.35. The van der Waals surface area contributed by atoms with Gasteiger partial charge in [0.25, 0.3) is 0 Å². The molecule has 2 atom stereocenters. The van der Waals surface area contributed by atoms with Gasteiger partial charge in [-0.15, -0.1) is 0 Å². The summed E-state index contributed by atoms with van der Waals surface area (Å²) in [4.78, 5) is 41.9. The van der Waals surface area contributed by atoms with Crippen molar-refractivity contribution in [1.82, 2.24) is 15.1 Å². The molecular weight excluding hydrogens is 386 g/mol. The Balaban J connectivity index is 1.42. The van der Waals surface area contributed by atoms with Gasteiger partial charge < -0.3 is 24.6 Å². The molecule has 0 bridgehead atoms. The third-order valence-corrected chi connectivity index (χ3v) is 6.38. The van der Waals surface area contributed by atoms with Crippen LogP contribution in [0.2, 0.25) is 0 Å². The zero-order valence-corrected chi connectivity index (χ0v) is 17.2. The van der Waals surface area contributed by atoms with E-state index < -0.39 is 5.41 Å². The fourth-order valence-electron chi connectivity index (χ4n) is 4.70. The smallest absolute Gasteiger partial charge is 0.248 e. The predicted molar refractivity (Wildman–Crippen MR) is 108 cm³/mol. The molecular formula is C22H29N3O5. The summed E-state index contributed by atoms with van der Waals surface area (Å²) in [6, 6.07) is 9.48. The second kappa shape index (κ2) is 9.14. The summed E-state index contributed by atoms with van der Waals surface area (Å²) >= 11 is 0. The zero-order chi connectivity index (χ0) is 21.0. The number of benzene rings is 1. The van der Waals surface area contributed by atoms with Gasteiger partial charge in [0.1, 0.15) is 6.61 Å². The molecule has 0 radical (unpaired) electrons. The van der Waals surface area contributed by atoms with Crippen LogP contribution >= 0.6 is 0 Å². The molecule has 1 N–H and O–H groups in total. The van der Waals surface area contributed by atoms with Crippen molar-refractivity contribution >= 4 is 17.7 Å². The number of hydrogen-bond acceptors (Lipinski definition) is 5. The van der Waals surface area contributed by atoms with E-state index in [4.69, 9.17) is 9.47 Å². The SMILES string of the molecule is O=C1CCC2(C(=O)N3CCOCC3)CN(C(=O)COCc3ccccc3)CCC2N1. The summed E-state index contributed by atoms with van der Waals surface area (Å²) in [5.74, 6) is -0.106. The number of carbonyl (C=O) groups excluding carboxylic acids is 3. The second-order valence-electron chi connectivity index (χ2n) is 8.26. The van der Waals surface area contributed by atoms with Gasteiger partial charge in [0.15, 0.2) is 0 Å². The van der Waals surface area contributed by atoms with Crippen LogP contribution in [0.4, 0.5) is 0 Å². The summed E-state index contributed by atoms with van der Waals surface area (Å²) in [5, 5.41) is 3.02. The number of carbonyl (C=O) groups is 3. The number of morpholine rings is 1. The Morgan fingerprint density at radius 3 is 2.67 bits per heavy atom. The number of likely N-dealkylation sites (tertiary alicyclic amines) is 1. The van der Waals surface area contributed by atoms with E-state index in [1.807, 2.05) is 35.2 Å². The molecule has 162 valence electrons. The lowest BCUT2D eigenvalue weighted by Crippen LogP contribution is -2.68. The molecule has 30 heavy (non-hydrogen) atoms. The fraction of sp³-hybridized carbons (Fsp3) is 0.591. The van der Waals surface area contributed by atoms with Gasteiger partial charge in [0.05, 0.1) is 25.2 Å². The van der Waals surface area contributed by atoms with E-state index in [0.717, 1.165) is 5.56 Å². The molecule has 1 aromatic rings. The number of fused-ring (bicyclic) bond motifs is 1. The molecule has 0 aliphatic carbocycles. The average molecular weight is 415 g/mol. The van der Waals surface area contributed by atoms with E-state index >= 15 is 0 Å². The molecule has 3 aliphatic heterocycles. The molecule has 3 heterocycles. The van der Waals surface area contributed by atoms with Crippen molar-refractivity contribution in [1.29, 1.82) is 0 Å². The highest BCUT2D eigenvalue weighted by Gasteiger charge is 2.54. The van der Waals surface area contributed by atoms with Crippen LogP contribution in [0.25, 0.3) is 0 Å². The number of nitrogens with zero attached hydrogens (tertiary/aromatic N) is 2. The molecule has 3 fully saturated rings. The highest BCUT2D eigenvalue weighted by Crippen LogP contribution is 2.40. The van der Waals surface area contributed by atoms with E-state index in [-0.39, 0.29) is 30.4 Å². The molecule has 0 aromatic heterocycles. The molecule has 2 unspecified atom stereocenters. The number of rotatable bonds is 5. The number of nitrogens with one attached hydrogen (secondary N) is 1. The van der Waals surface area contributed by atoms with E-state index in [0.29, 0.717) is 65.3 Å². The van der Waals surface area contributed by atoms with Crippen LogP contribution in [0.3, 0.4) is 0 Å². The Labute approximate surface area is 176 Å². The standard InChI is InChI=1S/C22H29N3O5/c26-19-6-8-22(21(28)24-10-12-29-13-11-24)16-25(9-7-18(22)23-19)20(27)15-30-14-17-4-2-1-3-5-17/h1-5,18H,6-16H2,(H,23,26). The zero-order valence-electron chi connectivity index (χ0n) is 17.2. The van der Waals surface area contributed by atoms with Crippen LogP contribution in [0.5, 0.6) is 0 Å². The van der Waals surface area contributed by atoms with Gasteiger partial charge in [-0.05, 0) is 18.4 Å². The van der Waals surface area contributed by atoms with Crippen LogP contribution < -0.4 is 5.32 Å². The van der Waals surface area contributed by atoms with Gasteiger partial charge in [0.2, 0.25) is 17.7 Å². The third-order valence-electron chi connectivity index (χ3n) is 6.38. The largest absolute Gasteiger partial charge is 0.378 e. The number of hydrogen-bond donors (Lipinski definition) is 1. The van der Waals surface area contributed by atoms with Crippen molar-refractivity contribution in [2.24, 2.45) is 5.41 Å². The van der Waals surface area contributed by atoms with Gasteiger partial charge in [-0.1, -0.05) is 30.3 Å². The van der Waals surface area contributed by atoms with Crippen LogP contribution in [-0.4, -0.2) is 79.6 Å². The van der Waals surface area contributed by atoms with Crippen LogP contribution in [0.15, 0.2) is 30.3 Å². The number of piperidine rings is 2. The topological polar surface area (TPSA) is 88.2 Å². The fourth-order valence-corrected chi connectivity index (χ4v) is 4.70. The van der Waals surface area contributed by atoms with Crippen LogP contribution in [-0.2, 0) is 30.5 Å². The van der Waals surface area contributed by atoms with Crippen molar-refractivity contribution in [3.05, 3.63) is 35.9 Å². The minimum atomic E-state index is -0.765. The minimum absolute atomic E-state index is 0.0172. The summed E-state index contributed by atoms with van der Waals surface area (Å²) in [7, 11) is 0. The van der Waals surface area contributed by atoms with E-state index in [1.54, 1.807) is 4.90 Å².